The largest absolute Gasteiger partial charge is 0.462 e. The number of rotatable bonds is 4. The topological polar surface area (TPSA) is 99.9 Å². The van der Waals surface area contributed by atoms with Crippen LogP contribution < -0.4 is 5.73 Å². The quantitative estimate of drug-likeness (QED) is 0.183. The monoisotopic (exact) mass is 597 g/mol. The molecule has 210 valence electrons. The van der Waals surface area contributed by atoms with Crippen molar-refractivity contribution >= 4 is 46.5 Å². The number of anilines is 1. The SMILES string of the molecule is CCOC(=O)c1c(C#N)c(N)c(C#N)c(-c2ccc(C(C)(C)C)cc2)c1-c1ccc(C(C)(C)C)cc1.ClC(Cl)Cl. The molecule has 3 aromatic carbocycles. The average molecular weight is 599 g/mol. The van der Waals surface area contributed by atoms with Gasteiger partial charge in [0, 0.05) is 11.1 Å². The Kier molecular flexibility index (Phi) is 11.1. The van der Waals surface area contributed by atoms with Crippen molar-refractivity contribution in [1.82, 2.24) is 0 Å². The number of carbonyl (C=O) groups excluding carboxylic acids is 1. The molecule has 3 rings (SSSR count). The van der Waals surface area contributed by atoms with Gasteiger partial charge in [-0.3, -0.25) is 0 Å². The van der Waals surface area contributed by atoms with E-state index in [9.17, 15) is 15.3 Å². The zero-order chi connectivity index (χ0) is 30.4. The molecular weight excluding hydrogens is 565 g/mol. The van der Waals surface area contributed by atoms with Crippen LogP contribution >= 0.6 is 34.8 Å². The lowest BCUT2D eigenvalue weighted by Crippen LogP contribution is -2.14. The van der Waals surface area contributed by atoms with Gasteiger partial charge < -0.3 is 10.5 Å². The van der Waals surface area contributed by atoms with Gasteiger partial charge in [-0.05, 0) is 40.0 Å². The van der Waals surface area contributed by atoms with E-state index in [0.29, 0.717) is 16.7 Å². The summed E-state index contributed by atoms with van der Waals surface area (Å²) in [6.45, 7) is 14.6. The smallest absolute Gasteiger partial charge is 0.340 e. The van der Waals surface area contributed by atoms with Gasteiger partial charge in [0.15, 0.2) is 4.30 Å². The predicted octanol–water partition coefficient (Wildman–Crippen LogP) is 9.10. The molecule has 0 aliphatic heterocycles. The van der Waals surface area contributed by atoms with E-state index in [1.807, 2.05) is 48.5 Å². The molecule has 0 aliphatic carbocycles. The van der Waals surface area contributed by atoms with Crippen LogP contribution in [0.3, 0.4) is 0 Å². The Morgan fingerprint density at radius 1 is 0.800 bits per heavy atom. The Labute approximate surface area is 252 Å². The molecule has 0 aromatic heterocycles. The first kappa shape index (κ1) is 33.0. The molecule has 5 nitrogen and oxygen atoms in total. The maximum atomic E-state index is 13.3. The van der Waals surface area contributed by atoms with Crippen molar-refractivity contribution in [3.8, 4) is 34.4 Å². The molecular formula is C32H34Cl3N3O2. The number of hydrogen-bond donors (Lipinski definition) is 1. The van der Waals surface area contributed by atoms with E-state index in [1.165, 1.54) is 0 Å². The summed E-state index contributed by atoms with van der Waals surface area (Å²) >= 11 is 14.4. The number of nitrogen functional groups attached to an aromatic ring is 1. The van der Waals surface area contributed by atoms with Crippen LogP contribution in [-0.4, -0.2) is 16.9 Å². The molecule has 0 aliphatic rings. The molecule has 0 saturated heterocycles. The van der Waals surface area contributed by atoms with Crippen LogP contribution in [0.25, 0.3) is 22.3 Å². The number of nitriles is 2. The second-order valence-corrected chi connectivity index (χ2v) is 13.1. The van der Waals surface area contributed by atoms with Gasteiger partial charge in [0.1, 0.15) is 12.1 Å². The van der Waals surface area contributed by atoms with E-state index in [-0.39, 0.29) is 39.8 Å². The Morgan fingerprint density at radius 3 is 1.50 bits per heavy atom. The average Bonchev–Trinajstić information content (AvgIpc) is 2.87. The zero-order valence-corrected chi connectivity index (χ0v) is 26.1. The highest BCUT2D eigenvalue weighted by Gasteiger charge is 2.30. The van der Waals surface area contributed by atoms with E-state index in [1.54, 1.807) is 6.92 Å². The third-order valence-electron chi connectivity index (χ3n) is 6.32. The van der Waals surface area contributed by atoms with E-state index < -0.39 is 10.3 Å². The lowest BCUT2D eigenvalue weighted by molar-refractivity contribution is 0.0527. The summed E-state index contributed by atoms with van der Waals surface area (Å²) in [5.74, 6) is -0.646. The van der Waals surface area contributed by atoms with Crippen LogP contribution in [0.1, 0.15) is 81.1 Å². The van der Waals surface area contributed by atoms with Crippen molar-refractivity contribution in [3.05, 3.63) is 76.3 Å². The number of nitrogens with zero attached hydrogens (tertiary/aromatic N) is 2. The summed E-state index contributed by atoms with van der Waals surface area (Å²) in [5, 5.41) is 20.2. The zero-order valence-electron chi connectivity index (χ0n) is 23.8. The minimum absolute atomic E-state index is 0.0204. The highest BCUT2D eigenvalue weighted by molar-refractivity contribution is 6.63. The second kappa shape index (κ2) is 13.4. The van der Waals surface area contributed by atoms with Gasteiger partial charge >= 0.3 is 5.97 Å². The first-order chi connectivity index (χ1) is 18.6. The lowest BCUT2D eigenvalue weighted by atomic mass is 9.81. The Bertz CT molecular complexity index is 1430. The van der Waals surface area contributed by atoms with Crippen molar-refractivity contribution < 1.29 is 9.53 Å². The molecule has 8 heteroatoms. The molecule has 0 radical (unpaired) electrons. The van der Waals surface area contributed by atoms with Crippen molar-refractivity contribution in [2.24, 2.45) is 0 Å². The van der Waals surface area contributed by atoms with Crippen molar-refractivity contribution in [3.63, 3.8) is 0 Å². The van der Waals surface area contributed by atoms with Crippen LogP contribution in [0.4, 0.5) is 5.69 Å². The van der Waals surface area contributed by atoms with E-state index in [2.05, 4.69) is 53.7 Å². The van der Waals surface area contributed by atoms with E-state index >= 15 is 0 Å². The summed E-state index contributed by atoms with van der Waals surface area (Å²) in [4.78, 5) is 13.3. The number of benzene rings is 3. The summed E-state index contributed by atoms with van der Waals surface area (Å²) in [6.07, 6.45) is 0. The Hall–Kier alpha value is -3.22. The van der Waals surface area contributed by atoms with Crippen molar-refractivity contribution in [2.45, 2.75) is 63.6 Å². The molecule has 0 atom stereocenters. The van der Waals surface area contributed by atoms with Gasteiger partial charge in [-0.15, -0.1) is 0 Å². The fourth-order valence-electron chi connectivity index (χ4n) is 4.26. The normalized spacial score (nSPS) is 11.2. The number of carbonyl (C=O) groups is 1. The first-order valence-electron chi connectivity index (χ1n) is 12.7. The van der Waals surface area contributed by atoms with E-state index in [0.717, 1.165) is 16.7 Å². The lowest BCUT2D eigenvalue weighted by Gasteiger charge is -2.23. The van der Waals surface area contributed by atoms with Gasteiger partial charge in [0.2, 0.25) is 0 Å². The first-order valence-corrected chi connectivity index (χ1v) is 14.0. The van der Waals surface area contributed by atoms with Gasteiger partial charge in [-0.2, -0.15) is 10.5 Å². The highest BCUT2D eigenvalue weighted by atomic mass is 35.6. The van der Waals surface area contributed by atoms with Crippen LogP contribution in [0, 0.1) is 22.7 Å². The molecule has 0 fully saturated rings. The van der Waals surface area contributed by atoms with Crippen molar-refractivity contribution in [1.29, 1.82) is 10.5 Å². The third kappa shape index (κ3) is 7.70. The predicted molar refractivity (Wildman–Crippen MR) is 166 cm³/mol. The maximum Gasteiger partial charge on any atom is 0.340 e. The highest BCUT2D eigenvalue weighted by Crippen LogP contribution is 2.44. The van der Waals surface area contributed by atoms with E-state index in [4.69, 9.17) is 45.3 Å². The standard InChI is InChI=1S/C31H33N3O2.CHCl3/c1-8-36-29(35)27-24(18-33)28(34)23(17-32)25(19-9-13-21(14-10-19)30(2,3)4)26(27)20-11-15-22(16-12-20)31(5,6)7;2-1(3)4/h9-16H,8,34H2,1-7H3;1H. The Balaban J connectivity index is 0.00000131. The molecule has 0 amide bonds. The van der Waals surface area contributed by atoms with Crippen LogP contribution in [0.2, 0.25) is 0 Å². The molecule has 0 heterocycles. The molecule has 40 heavy (non-hydrogen) atoms. The number of halogens is 3. The number of ether oxygens (including phenoxy) is 1. The summed E-state index contributed by atoms with van der Waals surface area (Å²) in [7, 11) is 0. The third-order valence-corrected chi connectivity index (χ3v) is 6.32. The minimum Gasteiger partial charge on any atom is -0.462 e. The fraction of sp³-hybridized carbons (Fsp3) is 0.344. The second-order valence-electron chi connectivity index (χ2n) is 11.1. The number of alkyl halides is 3. The van der Waals surface area contributed by atoms with Gasteiger partial charge in [0.05, 0.1) is 29.0 Å². The van der Waals surface area contributed by atoms with Crippen LogP contribution in [-0.2, 0) is 15.6 Å². The number of esters is 1. The van der Waals surface area contributed by atoms with Gasteiger partial charge in [0.25, 0.3) is 0 Å². The minimum atomic E-state index is -0.750. The molecule has 2 N–H and O–H groups in total. The molecule has 0 unspecified atom stereocenters. The summed E-state index contributed by atoms with van der Waals surface area (Å²) in [6, 6.07) is 20.0. The van der Waals surface area contributed by atoms with Gasteiger partial charge in [-0.1, -0.05) is 125 Å². The van der Waals surface area contributed by atoms with Crippen LogP contribution in [0.5, 0.6) is 0 Å². The summed E-state index contributed by atoms with van der Waals surface area (Å²) < 4.78 is 4.62. The van der Waals surface area contributed by atoms with Gasteiger partial charge in [-0.25, -0.2) is 4.79 Å². The molecule has 0 spiro atoms. The van der Waals surface area contributed by atoms with Crippen LogP contribution in [0.15, 0.2) is 48.5 Å². The maximum absolute atomic E-state index is 13.3. The summed E-state index contributed by atoms with van der Waals surface area (Å²) in [5.41, 5.74) is 11.1. The van der Waals surface area contributed by atoms with Crippen molar-refractivity contribution in [2.75, 3.05) is 12.3 Å². The number of hydrogen-bond acceptors (Lipinski definition) is 5. The molecule has 3 aromatic rings. The number of nitrogens with two attached hydrogens (primary N) is 1. The molecule has 0 saturated carbocycles. The Morgan fingerprint density at radius 2 is 1.18 bits per heavy atom. The fourth-order valence-corrected chi connectivity index (χ4v) is 4.26. The molecule has 0 bridgehead atoms.